The Morgan fingerprint density at radius 1 is 1.50 bits per heavy atom. The molecule has 0 bridgehead atoms. The van der Waals surface area contributed by atoms with E-state index in [4.69, 9.17) is 10.5 Å². The molecule has 0 saturated heterocycles. The molecule has 0 fully saturated rings. The molecule has 0 saturated carbocycles. The van der Waals surface area contributed by atoms with Crippen molar-refractivity contribution in [1.29, 1.82) is 0 Å². The summed E-state index contributed by atoms with van der Waals surface area (Å²) in [5.74, 6) is 0.742. The summed E-state index contributed by atoms with van der Waals surface area (Å²) >= 11 is 1.50. The first-order valence-corrected chi connectivity index (χ1v) is 6.96. The number of fused-ring (bicyclic) bond motifs is 1. The lowest BCUT2D eigenvalue weighted by atomic mass is 10.1. The van der Waals surface area contributed by atoms with Gasteiger partial charge in [-0.25, -0.2) is 0 Å². The van der Waals surface area contributed by atoms with E-state index in [-0.39, 0.29) is 24.4 Å². The molecule has 1 atom stereocenters. The molecule has 0 spiro atoms. The number of methoxy groups -OCH3 is 1. The Bertz CT molecular complexity index is 612. The van der Waals surface area contributed by atoms with Crippen LogP contribution in [0.15, 0.2) is 18.2 Å². The Balaban J connectivity index is 0.00000200. The van der Waals surface area contributed by atoms with Crippen molar-refractivity contribution < 1.29 is 9.53 Å². The molecule has 20 heavy (non-hydrogen) atoms. The molecular formula is C14H19ClN2O2S. The molecule has 0 unspecified atom stereocenters. The van der Waals surface area contributed by atoms with Gasteiger partial charge in [-0.1, -0.05) is 0 Å². The van der Waals surface area contributed by atoms with Gasteiger partial charge in [-0.15, -0.1) is 23.7 Å². The third-order valence-corrected chi connectivity index (χ3v) is 4.35. The first-order valence-electron chi connectivity index (χ1n) is 6.15. The van der Waals surface area contributed by atoms with Crippen LogP contribution in [0, 0.1) is 6.92 Å². The smallest absolute Gasteiger partial charge is 0.261 e. The number of benzene rings is 1. The van der Waals surface area contributed by atoms with Gasteiger partial charge in [0.2, 0.25) is 0 Å². The van der Waals surface area contributed by atoms with Gasteiger partial charge < -0.3 is 15.8 Å². The van der Waals surface area contributed by atoms with E-state index in [0.717, 1.165) is 26.3 Å². The fourth-order valence-corrected chi connectivity index (χ4v) is 2.98. The van der Waals surface area contributed by atoms with Gasteiger partial charge in [-0.2, -0.15) is 0 Å². The van der Waals surface area contributed by atoms with Gasteiger partial charge >= 0.3 is 0 Å². The van der Waals surface area contributed by atoms with Crippen molar-refractivity contribution in [2.24, 2.45) is 5.73 Å². The summed E-state index contributed by atoms with van der Waals surface area (Å²) < 4.78 is 6.30. The van der Waals surface area contributed by atoms with Crippen molar-refractivity contribution in [2.45, 2.75) is 19.9 Å². The van der Waals surface area contributed by atoms with E-state index in [2.05, 4.69) is 5.32 Å². The van der Waals surface area contributed by atoms with Crippen molar-refractivity contribution in [3.05, 3.63) is 28.6 Å². The molecule has 1 amide bonds. The van der Waals surface area contributed by atoms with Crippen LogP contribution in [0.1, 0.15) is 22.2 Å². The number of halogens is 1. The van der Waals surface area contributed by atoms with E-state index in [1.165, 1.54) is 11.3 Å². The molecular weight excluding hydrogens is 296 g/mol. The average Bonchev–Trinajstić information content (AvgIpc) is 2.75. The molecule has 6 heteroatoms. The van der Waals surface area contributed by atoms with Gasteiger partial charge in [-0.3, -0.25) is 4.79 Å². The largest absolute Gasteiger partial charge is 0.497 e. The molecule has 1 aromatic heterocycles. The molecule has 3 N–H and O–H groups in total. The van der Waals surface area contributed by atoms with E-state index in [0.29, 0.717) is 6.54 Å². The lowest BCUT2D eigenvalue weighted by molar-refractivity contribution is 0.0945. The molecule has 1 heterocycles. The summed E-state index contributed by atoms with van der Waals surface area (Å²) in [4.78, 5) is 12.9. The van der Waals surface area contributed by atoms with E-state index in [1.807, 2.05) is 32.0 Å². The van der Waals surface area contributed by atoms with Gasteiger partial charge in [0.1, 0.15) is 5.75 Å². The second-order valence-corrected chi connectivity index (χ2v) is 5.58. The topological polar surface area (TPSA) is 64.3 Å². The second-order valence-electron chi connectivity index (χ2n) is 4.53. The fourth-order valence-electron chi connectivity index (χ4n) is 1.89. The standard InChI is InChI=1S/C14H18N2O2S.ClH/c1-8(7-15)16-14(17)13-9(2)11-6-10(18-3)4-5-12(11)19-13;/h4-6,8H,7,15H2,1-3H3,(H,16,17);1H/t8-;/m0./s1. The van der Waals surface area contributed by atoms with Crippen LogP contribution in [0.2, 0.25) is 0 Å². The number of nitrogens with two attached hydrogens (primary N) is 1. The molecule has 0 radical (unpaired) electrons. The Labute approximate surface area is 128 Å². The highest BCUT2D eigenvalue weighted by atomic mass is 35.5. The zero-order valence-electron chi connectivity index (χ0n) is 11.7. The lowest BCUT2D eigenvalue weighted by Crippen LogP contribution is -2.37. The first kappa shape index (κ1) is 16.8. The minimum absolute atomic E-state index is 0. The van der Waals surface area contributed by atoms with E-state index in [1.54, 1.807) is 7.11 Å². The molecule has 0 aliphatic heterocycles. The highest BCUT2D eigenvalue weighted by Gasteiger charge is 2.17. The highest BCUT2D eigenvalue weighted by Crippen LogP contribution is 2.33. The molecule has 4 nitrogen and oxygen atoms in total. The van der Waals surface area contributed by atoms with Gasteiger partial charge in [0.25, 0.3) is 5.91 Å². The van der Waals surface area contributed by atoms with Gasteiger partial charge in [0, 0.05) is 17.3 Å². The number of thiophene rings is 1. The van der Waals surface area contributed by atoms with Crippen molar-refractivity contribution in [1.82, 2.24) is 5.32 Å². The normalized spacial score (nSPS) is 11.8. The molecule has 110 valence electrons. The zero-order chi connectivity index (χ0) is 14.0. The van der Waals surface area contributed by atoms with Crippen LogP contribution < -0.4 is 15.8 Å². The molecule has 1 aromatic carbocycles. The maximum Gasteiger partial charge on any atom is 0.261 e. The monoisotopic (exact) mass is 314 g/mol. The maximum absolute atomic E-state index is 12.2. The van der Waals surface area contributed by atoms with Gasteiger partial charge in [-0.05, 0) is 43.0 Å². The van der Waals surface area contributed by atoms with Crippen LogP contribution in [0.5, 0.6) is 5.75 Å². The fraction of sp³-hybridized carbons (Fsp3) is 0.357. The summed E-state index contributed by atoms with van der Waals surface area (Å²) in [7, 11) is 1.64. The highest BCUT2D eigenvalue weighted by molar-refractivity contribution is 7.21. The van der Waals surface area contributed by atoms with Crippen molar-refractivity contribution >= 4 is 39.7 Å². The molecule has 2 aromatic rings. The molecule has 0 aliphatic carbocycles. The lowest BCUT2D eigenvalue weighted by Gasteiger charge is -2.10. The maximum atomic E-state index is 12.2. The first-order chi connectivity index (χ1) is 9.06. The van der Waals surface area contributed by atoms with Crippen molar-refractivity contribution in [3.8, 4) is 5.75 Å². The average molecular weight is 315 g/mol. The number of carbonyl (C=O) groups is 1. The van der Waals surface area contributed by atoms with Crippen molar-refractivity contribution in [3.63, 3.8) is 0 Å². The molecule has 0 aliphatic rings. The second kappa shape index (κ2) is 6.92. The number of rotatable bonds is 4. The van der Waals surface area contributed by atoms with Crippen LogP contribution in [0.25, 0.3) is 10.1 Å². The van der Waals surface area contributed by atoms with Crippen LogP contribution in [0.4, 0.5) is 0 Å². The molecule has 2 rings (SSSR count). The third-order valence-electron chi connectivity index (χ3n) is 3.08. The number of ether oxygens (including phenoxy) is 1. The predicted octanol–water partition coefficient (Wildman–Crippen LogP) is 2.72. The van der Waals surface area contributed by atoms with Gasteiger partial charge in [0.15, 0.2) is 0 Å². The summed E-state index contributed by atoms with van der Waals surface area (Å²) in [5, 5.41) is 3.96. The summed E-state index contributed by atoms with van der Waals surface area (Å²) in [6, 6.07) is 5.83. The number of nitrogens with one attached hydrogen (secondary N) is 1. The van der Waals surface area contributed by atoms with Gasteiger partial charge in [0.05, 0.1) is 12.0 Å². The van der Waals surface area contributed by atoms with Crippen LogP contribution in [0.3, 0.4) is 0 Å². The Morgan fingerprint density at radius 3 is 2.80 bits per heavy atom. The predicted molar refractivity (Wildman–Crippen MR) is 86.3 cm³/mol. The zero-order valence-corrected chi connectivity index (χ0v) is 13.4. The number of hydrogen-bond donors (Lipinski definition) is 2. The number of carbonyl (C=O) groups excluding carboxylic acids is 1. The van der Waals surface area contributed by atoms with E-state index >= 15 is 0 Å². The number of amides is 1. The Kier molecular flexibility index (Phi) is 5.80. The minimum atomic E-state index is -0.0596. The number of aryl methyl sites for hydroxylation is 1. The minimum Gasteiger partial charge on any atom is -0.497 e. The third kappa shape index (κ3) is 3.23. The SMILES string of the molecule is COc1ccc2sc(C(=O)N[C@@H](C)CN)c(C)c2c1.Cl. The van der Waals surface area contributed by atoms with Crippen molar-refractivity contribution in [2.75, 3.05) is 13.7 Å². The van der Waals surface area contributed by atoms with E-state index in [9.17, 15) is 4.79 Å². The summed E-state index contributed by atoms with van der Waals surface area (Å²) in [6.07, 6.45) is 0. The Hall–Kier alpha value is -1.30. The quantitative estimate of drug-likeness (QED) is 0.912. The number of hydrogen-bond acceptors (Lipinski definition) is 4. The summed E-state index contributed by atoms with van der Waals surface area (Å²) in [5.41, 5.74) is 6.51. The summed E-state index contributed by atoms with van der Waals surface area (Å²) in [6.45, 7) is 4.29. The van der Waals surface area contributed by atoms with Crippen LogP contribution in [-0.2, 0) is 0 Å². The van der Waals surface area contributed by atoms with E-state index < -0.39 is 0 Å². The Morgan fingerprint density at radius 2 is 2.20 bits per heavy atom. The van der Waals surface area contributed by atoms with Crippen LogP contribution in [-0.4, -0.2) is 25.6 Å². The van der Waals surface area contributed by atoms with Crippen LogP contribution >= 0.6 is 23.7 Å².